The molecule has 0 unspecified atom stereocenters. The normalized spacial score (nSPS) is 10.8. The van der Waals surface area contributed by atoms with Crippen LogP contribution < -0.4 is 21.3 Å². The topological polar surface area (TPSA) is 267 Å². The number of carbonyl (C=O) groups excluding carboxylic acids is 4. The molecule has 586 valence electrons. The number of nitrogens with zero attached hydrogens (tertiary/aromatic N) is 13. The van der Waals surface area contributed by atoms with Crippen molar-refractivity contribution in [2.45, 2.75) is 86.6 Å². The summed E-state index contributed by atoms with van der Waals surface area (Å²) in [6.07, 6.45) is 26.8. The van der Waals surface area contributed by atoms with Crippen LogP contribution in [0.1, 0.15) is 157 Å². The second kappa shape index (κ2) is 42.1. The monoisotopic (exact) mass is 1570 g/mol. The number of aromatic nitrogens is 13. The number of hydrogen-bond acceptors (Lipinski definition) is 14. The number of rotatable bonds is 20. The van der Waals surface area contributed by atoms with Gasteiger partial charge in [0.1, 0.15) is 10.7 Å². The minimum atomic E-state index is -0.267. The largest absolute Gasteiger partial charge is 0.352 e. The van der Waals surface area contributed by atoms with E-state index in [4.69, 9.17) is 5.10 Å². The Balaban J connectivity index is 0.000000145. The fraction of sp³-hybridized carbons (Fsp3) is 0.168. The number of aryl methyl sites for hydroxylation is 6. The lowest BCUT2D eigenvalue weighted by Crippen LogP contribution is -2.25. The molecule has 0 saturated heterocycles. The summed E-state index contributed by atoms with van der Waals surface area (Å²) in [5.74, 6) is 24.8. The van der Waals surface area contributed by atoms with Gasteiger partial charge in [-0.15, -0.1) is 10.2 Å². The van der Waals surface area contributed by atoms with Crippen LogP contribution in [0.2, 0.25) is 0 Å². The van der Waals surface area contributed by atoms with Gasteiger partial charge in [0.15, 0.2) is 0 Å². The zero-order chi connectivity index (χ0) is 82.2. The first kappa shape index (κ1) is 82.3. The zero-order valence-electron chi connectivity index (χ0n) is 66.3. The summed E-state index contributed by atoms with van der Waals surface area (Å²) >= 11 is 1.36. The molecule has 23 heteroatoms. The third-order valence-corrected chi connectivity index (χ3v) is 19.5. The molecule has 1 aliphatic rings. The van der Waals surface area contributed by atoms with Gasteiger partial charge in [-0.25, -0.2) is 24.0 Å². The van der Waals surface area contributed by atoms with Crippen LogP contribution in [0.5, 0.6) is 0 Å². The Kier molecular flexibility index (Phi) is 29.4. The van der Waals surface area contributed by atoms with Crippen LogP contribution in [0.15, 0.2) is 267 Å². The molecule has 8 heterocycles. The number of pyridine rings is 1. The van der Waals surface area contributed by atoms with Crippen molar-refractivity contribution in [3.8, 4) is 64.4 Å². The predicted molar refractivity (Wildman–Crippen MR) is 462 cm³/mol. The van der Waals surface area contributed by atoms with Crippen LogP contribution in [0, 0.1) is 82.0 Å². The number of aliphatic imine (C=N–C) groups is 1. The molecule has 0 atom stereocenters. The highest BCUT2D eigenvalue weighted by molar-refractivity contribution is 7.15. The summed E-state index contributed by atoms with van der Waals surface area (Å²) < 4.78 is 7.37. The Bertz CT molecular complexity index is 6060. The van der Waals surface area contributed by atoms with Crippen LogP contribution in [0.3, 0.4) is 0 Å². The Morgan fingerprint density at radius 2 is 1.09 bits per heavy atom. The van der Waals surface area contributed by atoms with E-state index in [1.165, 1.54) is 16.9 Å². The fourth-order valence-electron chi connectivity index (χ4n) is 11.9. The maximum atomic E-state index is 12.8. The Morgan fingerprint density at radius 1 is 0.525 bits per heavy atom. The highest BCUT2D eigenvalue weighted by Gasteiger charge is 2.18. The molecule has 22 nitrogen and oxygen atoms in total. The number of anilines is 1. The Labute approximate surface area is 690 Å². The number of imidazole rings is 1. The van der Waals surface area contributed by atoms with Gasteiger partial charge in [-0.1, -0.05) is 132 Å². The quantitative estimate of drug-likeness (QED) is 0.0352. The van der Waals surface area contributed by atoms with Gasteiger partial charge < -0.3 is 20.5 Å². The summed E-state index contributed by atoms with van der Waals surface area (Å²) in [4.78, 5) is 63.0. The van der Waals surface area contributed by atoms with Crippen LogP contribution in [-0.4, -0.2) is 114 Å². The lowest BCUT2D eigenvalue weighted by Gasteiger charge is -2.11. The van der Waals surface area contributed by atoms with E-state index in [2.05, 4.69) is 127 Å². The van der Waals surface area contributed by atoms with Crippen molar-refractivity contribution in [2.75, 3.05) is 25.0 Å². The molecule has 118 heavy (non-hydrogen) atoms. The summed E-state index contributed by atoms with van der Waals surface area (Å²) in [7, 11) is 0. The van der Waals surface area contributed by atoms with Crippen molar-refractivity contribution >= 4 is 46.3 Å². The molecule has 7 aromatic carbocycles. The highest BCUT2D eigenvalue weighted by atomic mass is 32.1. The molecule has 0 saturated carbocycles. The molecule has 0 bridgehead atoms. The molecule has 14 aromatic rings. The number of benzene rings is 7. The molecule has 4 amide bonds. The minimum absolute atomic E-state index is 0.0709. The van der Waals surface area contributed by atoms with Crippen molar-refractivity contribution in [3.05, 3.63) is 367 Å². The maximum absolute atomic E-state index is 12.8. The lowest BCUT2D eigenvalue weighted by molar-refractivity contribution is 0.0944. The van der Waals surface area contributed by atoms with Gasteiger partial charge in [0.2, 0.25) is 5.13 Å². The number of H-pyrrole nitrogens is 1. The van der Waals surface area contributed by atoms with Crippen molar-refractivity contribution < 1.29 is 19.2 Å². The molecule has 0 fully saturated rings. The minimum Gasteiger partial charge on any atom is -0.352 e. The van der Waals surface area contributed by atoms with E-state index in [-0.39, 0.29) is 23.6 Å². The SMILES string of the molecule is CCc1nnc(NC(=O)c2ccc(-n3cccn3)c(C#Cc3ccccn3)c2)s1.Cc1ccc(C#Cc2cc(C(=O)NCCCc3cn[nH]c3)ccc2-n2cccn2)cc1.Cc1ccc(C(=O)NCCCn2ccnc2)cc1C#Cc1ccccc1.Cc1nn(-c2ccc(C(=O)NCCC3=CCC=N3)cc2C#Cc2ccccc2)c(C)c1C. The van der Waals surface area contributed by atoms with Gasteiger partial charge in [0.05, 0.1) is 52.0 Å². The second-order valence-electron chi connectivity index (χ2n) is 27.1. The highest BCUT2D eigenvalue weighted by Crippen LogP contribution is 2.24. The molecular weight excluding hydrogens is 1490 g/mol. The predicted octanol–water partition coefficient (Wildman–Crippen LogP) is 15.1. The summed E-state index contributed by atoms with van der Waals surface area (Å²) in [5, 5.41) is 41.1. The average molecular weight is 1580 g/mol. The number of carbonyl (C=O) groups is 4. The summed E-state index contributed by atoms with van der Waals surface area (Å²) in [6.45, 7) is 14.7. The number of aromatic amines is 1. The van der Waals surface area contributed by atoms with E-state index in [0.29, 0.717) is 58.3 Å². The van der Waals surface area contributed by atoms with Gasteiger partial charge >= 0.3 is 0 Å². The van der Waals surface area contributed by atoms with Crippen molar-refractivity contribution in [3.63, 3.8) is 0 Å². The third-order valence-electron chi connectivity index (χ3n) is 18.6. The summed E-state index contributed by atoms with van der Waals surface area (Å²) in [6, 6.07) is 59.0. The Morgan fingerprint density at radius 3 is 1.64 bits per heavy atom. The number of amides is 4. The maximum Gasteiger partial charge on any atom is 0.257 e. The summed E-state index contributed by atoms with van der Waals surface area (Å²) in [5.41, 5.74) is 18.8. The number of allylic oxidation sites excluding steroid dienone is 1. The van der Waals surface area contributed by atoms with Crippen LogP contribution in [-0.2, 0) is 19.4 Å². The molecule has 0 aliphatic carbocycles. The third kappa shape index (κ3) is 24.0. The standard InChI is InChI=1S/C27H26N4O.C25H23N5O.C22H21N3O.C21H16N6OS/c1-19-20(2)30-31(21(19)3)26-14-13-24(27(32)29-17-15-25-10-7-16-28-25)18-23(26)12-11-22-8-5-4-6-9-22;1-19-5-7-20(8-6-19)9-10-22-16-23(11-12-24(22)30-15-3-14-29-30)25(31)26-13-2-4-21-17-27-28-18-21;1-18-8-10-21(16-20(18)11-9-19-6-3-2-4-7-19)22(26)24-12-5-14-25-15-13-23-17-25;1-2-19-25-26-21(29-19)24-20(28)16-8-10-18(27-13-5-12-23-27)15(14-16)7-9-17-6-3-4-11-22-17/h4-6,8-10,13-14,16,18H,7,15,17H2,1-3H3,(H,29,32);3,5-8,11-12,14-18H,2,4,13H2,1H3,(H,26,31)(H,27,28);2-4,6-8,10,13,15-17H,5,12,14H2,1H3,(H,24,26);3-6,8,10-14H,2H2,1H3,(H,24,26,28). The smallest absolute Gasteiger partial charge is 0.257 e. The molecule has 15 rings (SSSR count). The Hall–Kier alpha value is -15.2. The molecule has 7 aromatic heterocycles. The van der Waals surface area contributed by atoms with Gasteiger partial charge in [0.25, 0.3) is 23.6 Å². The second-order valence-corrected chi connectivity index (χ2v) is 28.1. The first-order valence-corrected chi connectivity index (χ1v) is 39.3. The van der Waals surface area contributed by atoms with E-state index in [9.17, 15) is 19.2 Å². The molecule has 5 N–H and O–H groups in total. The van der Waals surface area contributed by atoms with Crippen molar-refractivity contribution in [1.82, 2.24) is 80.2 Å². The molecule has 1 aliphatic heterocycles. The van der Waals surface area contributed by atoms with Crippen molar-refractivity contribution in [2.24, 2.45) is 4.99 Å². The zero-order valence-corrected chi connectivity index (χ0v) is 67.1. The van der Waals surface area contributed by atoms with E-state index < -0.39 is 0 Å². The fourth-order valence-corrected chi connectivity index (χ4v) is 12.5. The van der Waals surface area contributed by atoms with E-state index >= 15 is 0 Å². The first-order chi connectivity index (χ1) is 57.7. The molecule has 0 radical (unpaired) electrons. The molecular formula is C95H86N18O4S. The van der Waals surface area contributed by atoms with Gasteiger partial charge in [0, 0.05) is 151 Å². The number of hydrogen-bond donors (Lipinski definition) is 5. The van der Waals surface area contributed by atoms with E-state index in [1.807, 2.05) is 245 Å². The van der Waals surface area contributed by atoms with Gasteiger partial charge in [-0.05, 0) is 210 Å². The van der Waals surface area contributed by atoms with E-state index in [1.54, 1.807) is 64.9 Å². The van der Waals surface area contributed by atoms with Crippen molar-refractivity contribution in [1.29, 1.82) is 0 Å². The van der Waals surface area contributed by atoms with Crippen LogP contribution in [0.25, 0.3) is 17.1 Å². The molecule has 0 spiro atoms. The van der Waals surface area contributed by atoms with Gasteiger partial charge in [-0.2, -0.15) is 20.4 Å². The van der Waals surface area contributed by atoms with Crippen LogP contribution >= 0.6 is 11.3 Å². The lowest BCUT2D eigenvalue weighted by atomic mass is 10.0. The van der Waals surface area contributed by atoms with Gasteiger partial charge in [-0.3, -0.25) is 34.6 Å². The first-order valence-electron chi connectivity index (χ1n) is 38.5. The van der Waals surface area contributed by atoms with Crippen LogP contribution in [0.4, 0.5) is 5.13 Å². The average Bonchev–Trinajstić information content (AvgIpc) is 1.61. The van der Waals surface area contributed by atoms with E-state index in [0.717, 1.165) is 134 Å². The number of nitrogens with one attached hydrogen (secondary N) is 5.